The molecule has 3 rings (SSSR count). The summed E-state index contributed by atoms with van der Waals surface area (Å²) in [5.74, 6) is 0.216. The van der Waals surface area contributed by atoms with E-state index in [4.69, 9.17) is 0 Å². The molecule has 0 atom stereocenters. The van der Waals surface area contributed by atoms with Crippen LogP contribution in [0.25, 0.3) is 28.0 Å². The standard InChI is InChI=1S/C22H22F3N4O/c1-13(2)9-26-11-15-4-5-18(22(23,24)25)17(7-15)21-28-19(8-20(30)29-21)16-6-14(3)10-27-12-16/h4-8,10,12-13H,9,11H2,1-3H3,(H,28,29,30)/q-1. The first-order valence-corrected chi connectivity index (χ1v) is 9.50. The largest absolute Gasteiger partial charge is 0.658 e. The predicted octanol–water partition coefficient (Wildman–Crippen LogP) is 5.36. The number of benzene rings is 1. The summed E-state index contributed by atoms with van der Waals surface area (Å²) < 4.78 is 40.9. The maximum Gasteiger partial charge on any atom is 0.417 e. The number of hydrogen-bond donors (Lipinski definition) is 1. The molecule has 30 heavy (non-hydrogen) atoms. The minimum absolute atomic E-state index is 0.142. The Labute approximate surface area is 172 Å². The Morgan fingerprint density at radius 2 is 1.90 bits per heavy atom. The molecular formula is C22H22F3N4O-. The Morgan fingerprint density at radius 3 is 2.57 bits per heavy atom. The highest BCUT2D eigenvalue weighted by Crippen LogP contribution is 2.37. The van der Waals surface area contributed by atoms with E-state index >= 15 is 0 Å². The number of aryl methyl sites for hydroxylation is 1. The average Bonchev–Trinajstić information content (AvgIpc) is 2.66. The third kappa shape index (κ3) is 5.33. The van der Waals surface area contributed by atoms with Gasteiger partial charge in [0, 0.05) is 29.6 Å². The Bertz CT molecular complexity index is 1090. The first-order valence-electron chi connectivity index (χ1n) is 9.50. The number of rotatable bonds is 6. The van der Waals surface area contributed by atoms with E-state index in [1.807, 2.05) is 20.8 Å². The maximum absolute atomic E-state index is 13.6. The molecule has 3 aromatic rings. The van der Waals surface area contributed by atoms with Crippen molar-refractivity contribution in [2.75, 3.05) is 6.54 Å². The summed E-state index contributed by atoms with van der Waals surface area (Å²) in [7, 11) is 0. The zero-order chi connectivity index (χ0) is 21.9. The second kappa shape index (κ2) is 8.79. The molecule has 5 nitrogen and oxygen atoms in total. The van der Waals surface area contributed by atoms with Crippen LogP contribution in [-0.4, -0.2) is 21.5 Å². The van der Waals surface area contributed by atoms with E-state index in [2.05, 4.69) is 20.3 Å². The van der Waals surface area contributed by atoms with E-state index in [1.165, 1.54) is 24.4 Å². The minimum Gasteiger partial charge on any atom is -0.658 e. The van der Waals surface area contributed by atoms with Crippen LogP contribution in [0.5, 0.6) is 0 Å². The number of pyridine rings is 1. The second-order valence-corrected chi connectivity index (χ2v) is 7.57. The van der Waals surface area contributed by atoms with Gasteiger partial charge < -0.3 is 10.3 Å². The van der Waals surface area contributed by atoms with E-state index < -0.39 is 17.3 Å². The molecule has 0 saturated heterocycles. The van der Waals surface area contributed by atoms with Crippen LogP contribution in [0.15, 0.2) is 47.5 Å². The monoisotopic (exact) mass is 415 g/mol. The second-order valence-electron chi connectivity index (χ2n) is 7.57. The molecule has 8 heteroatoms. The SMILES string of the molecule is Cc1cncc(-c2cc(=O)[nH]c(-c3cc(C[N-]CC(C)C)ccc3C(F)(F)F)n2)c1. The third-order valence-electron chi connectivity index (χ3n) is 4.35. The van der Waals surface area contributed by atoms with Gasteiger partial charge in [-0.1, -0.05) is 31.4 Å². The molecule has 0 saturated carbocycles. The molecule has 0 radical (unpaired) electrons. The van der Waals surface area contributed by atoms with Crippen LogP contribution in [-0.2, 0) is 12.7 Å². The summed E-state index contributed by atoms with van der Waals surface area (Å²) in [4.78, 5) is 23.0. The quantitative estimate of drug-likeness (QED) is 0.589. The van der Waals surface area contributed by atoms with E-state index in [9.17, 15) is 18.0 Å². The Kier molecular flexibility index (Phi) is 6.36. The van der Waals surface area contributed by atoms with Crippen LogP contribution in [0, 0.1) is 12.8 Å². The summed E-state index contributed by atoms with van der Waals surface area (Å²) in [5.41, 5.74) is 0.688. The van der Waals surface area contributed by atoms with E-state index in [0.29, 0.717) is 23.6 Å². The molecule has 0 bridgehead atoms. The van der Waals surface area contributed by atoms with Crippen molar-refractivity contribution in [2.24, 2.45) is 5.92 Å². The minimum atomic E-state index is -4.59. The summed E-state index contributed by atoms with van der Waals surface area (Å²) in [6.45, 7) is 6.76. The van der Waals surface area contributed by atoms with Gasteiger partial charge in [0.15, 0.2) is 0 Å². The van der Waals surface area contributed by atoms with E-state index in [0.717, 1.165) is 11.6 Å². The lowest BCUT2D eigenvalue weighted by atomic mass is 10.0. The lowest BCUT2D eigenvalue weighted by molar-refractivity contribution is -0.137. The zero-order valence-corrected chi connectivity index (χ0v) is 16.9. The van der Waals surface area contributed by atoms with Gasteiger partial charge in [-0.15, -0.1) is 13.1 Å². The highest BCUT2D eigenvalue weighted by Gasteiger charge is 2.34. The number of halogens is 3. The Balaban J connectivity index is 2.09. The van der Waals surface area contributed by atoms with E-state index in [-0.39, 0.29) is 23.6 Å². The van der Waals surface area contributed by atoms with Crippen molar-refractivity contribution in [3.8, 4) is 22.6 Å². The molecule has 0 unspecified atom stereocenters. The molecule has 0 aliphatic rings. The molecule has 2 heterocycles. The van der Waals surface area contributed by atoms with Gasteiger partial charge in [-0.25, -0.2) is 4.98 Å². The smallest absolute Gasteiger partial charge is 0.417 e. The van der Waals surface area contributed by atoms with Crippen molar-refractivity contribution in [1.29, 1.82) is 0 Å². The van der Waals surface area contributed by atoms with Gasteiger partial charge >= 0.3 is 6.18 Å². The summed E-state index contributed by atoms with van der Waals surface area (Å²) in [5, 5.41) is 4.38. The highest BCUT2D eigenvalue weighted by atomic mass is 19.4. The first kappa shape index (κ1) is 21.7. The number of hydrogen-bond acceptors (Lipinski definition) is 3. The van der Waals surface area contributed by atoms with Gasteiger partial charge in [0.05, 0.1) is 11.3 Å². The van der Waals surface area contributed by atoms with Crippen molar-refractivity contribution < 1.29 is 13.2 Å². The molecule has 2 aromatic heterocycles. The van der Waals surface area contributed by atoms with Crippen molar-refractivity contribution >= 4 is 0 Å². The third-order valence-corrected chi connectivity index (χ3v) is 4.35. The van der Waals surface area contributed by atoms with Crippen LogP contribution in [0.4, 0.5) is 13.2 Å². The molecule has 1 aromatic carbocycles. The number of H-pyrrole nitrogens is 1. The zero-order valence-electron chi connectivity index (χ0n) is 16.9. The van der Waals surface area contributed by atoms with Crippen molar-refractivity contribution in [2.45, 2.75) is 33.5 Å². The fourth-order valence-electron chi connectivity index (χ4n) is 3.01. The van der Waals surface area contributed by atoms with Gasteiger partial charge in [0.25, 0.3) is 5.56 Å². The normalized spacial score (nSPS) is 11.8. The van der Waals surface area contributed by atoms with Crippen LogP contribution in [0.2, 0.25) is 0 Å². The summed E-state index contributed by atoms with van der Waals surface area (Å²) in [6.07, 6.45) is -1.43. The van der Waals surface area contributed by atoms with Crippen LogP contribution < -0.4 is 5.56 Å². The number of aromatic nitrogens is 3. The topological polar surface area (TPSA) is 72.7 Å². The number of alkyl halides is 3. The molecule has 0 spiro atoms. The Morgan fingerprint density at radius 1 is 1.13 bits per heavy atom. The van der Waals surface area contributed by atoms with Gasteiger partial charge in [-0.05, 0) is 30.7 Å². The fourth-order valence-corrected chi connectivity index (χ4v) is 3.01. The van der Waals surface area contributed by atoms with Crippen LogP contribution >= 0.6 is 0 Å². The average molecular weight is 415 g/mol. The van der Waals surface area contributed by atoms with Crippen LogP contribution in [0.1, 0.15) is 30.5 Å². The fraction of sp³-hybridized carbons (Fsp3) is 0.318. The summed E-state index contributed by atoms with van der Waals surface area (Å²) in [6, 6.07) is 6.82. The Hall–Kier alpha value is -3.00. The maximum atomic E-state index is 13.6. The van der Waals surface area contributed by atoms with Crippen molar-refractivity contribution in [3.63, 3.8) is 0 Å². The molecule has 0 amide bonds. The molecular weight excluding hydrogens is 393 g/mol. The number of nitrogens with zero attached hydrogens (tertiary/aromatic N) is 3. The molecule has 158 valence electrons. The van der Waals surface area contributed by atoms with Gasteiger partial charge in [-0.2, -0.15) is 13.2 Å². The van der Waals surface area contributed by atoms with Crippen molar-refractivity contribution in [1.82, 2.24) is 15.0 Å². The van der Waals surface area contributed by atoms with Gasteiger partial charge in [0.2, 0.25) is 0 Å². The summed E-state index contributed by atoms with van der Waals surface area (Å²) >= 11 is 0. The lowest BCUT2D eigenvalue weighted by Crippen LogP contribution is -2.13. The number of aromatic amines is 1. The molecule has 0 aliphatic heterocycles. The van der Waals surface area contributed by atoms with E-state index in [1.54, 1.807) is 12.3 Å². The first-order chi connectivity index (χ1) is 14.1. The van der Waals surface area contributed by atoms with Gasteiger partial charge in [-0.3, -0.25) is 9.78 Å². The predicted molar refractivity (Wildman–Crippen MR) is 110 cm³/mol. The van der Waals surface area contributed by atoms with Gasteiger partial charge in [0.1, 0.15) is 5.82 Å². The molecule has 0 fully saturated rings. The highest BCUT2D eigenvalue weighted by molar-refractivity contribution is 5.66. The lowest BCUT2D eigenvalue weighted by Gasteiger charge is -2.22. The molecule has 0 aliphatic carbocycles. The number of nitrogens with one attached hydrogen (secondary N) is 1. The van der Waals surface area contributed by atoms with Crippen LogP contribution in [0.3, 0.4) is 0 Å². The molecule has 1 N–H and O–H groups in total. The van der Waals surface area contributed by atoms with Crippen molar-refractivity contribution in [3.05, 3.63) is 75.1 Å².